The van der Waals surface area contributed by atoms with Crippen molar-refractivity contribution in [1.29, 1.82) is 0 Å². The summed E-state index contributed by atoms with van der Waals surface area (Å²) in [6.07, 6.45) is 0.697. The maximum Gasteiger partial charge on any atom is 0.433 e. The van der Waals surface area contributed by atoms with Crippen LogP contribution in [-0.2, 0) is 6.18 Å². The minimum atomic E-state index is -4.47. The number of hydrogen-bond acceptors (Lipinski definition) is 4. The van der Waals surface area contributed by atoms with Crippen LogP contribution in [0.1, 0.15) is 49.9 Å². The molecule has 2 aromatic heterocycles. The van der Waals surface area contributed by atoms with Gasteiger partial charge in [0.15, 0.2) is 5.69 Å². The molecule has 0 bridgehead atoms. The fourth-order valence-corrected chi connectivity index (χ4v) is 3.12. The average molecular weight is 327 g/mol. The van der Waals surface area contributed by atoms with Crippen LogP contribution in [0, 0.1) is 0 Å². The second-order valence-corrected chi connectivity index (χ2v) is 6.03. The summed E-state index contributed by atoms with van der Waals surface area (Å²) in [7, 11) is 0. The van der Waals surface area contributed by atoms with Crippen molar-refractivity contribution in [3.05, 3.63) is 23.8 Å². The van der Waals surface area contributed by atoms with Gasteiger partial charge in [0.05, 0.1) is 5.69 Å². The Kier molecular flexibility index (Phi) is 4.52. The highest BCUT2D eigenvalue weighted by molar-refractivity contribution is 5.33. The lowest BCUT2D eigenvalue weighted by Gasteiger charge is -2.32. The largest absolute Gasteiger partial charge is 0.433 e. The van der Waals surface area contributed by atoms with Gasteiger partial charge in [0.25, 0.3) is 5.78 Å². The van der Waals surface area contributed by atoms with E-state index in [1.807, 2.05) is 0 Å². The summed E-state index contributed by atoms with van der Waals surface area (Å²) in [6.45, 7) is 4.90. The molecule has 1 unspecified atom stereocenters. The molecule has 3 heterocycles. The van der Waals surface area contributed by atoms with Crippen molar-refractivity contribution in [2.24, 2.45) is 0 Å². The van der Waals surface area contributed by atoms with Gasteiger partial charge in [-0.05, 0) is 38.4 Å². The van der Waals surface area contributed by atoms with E-state index in [-0.39, 0.29) is 11.7 Å². The Morgan fingerprint density at radius 3 is 2.91 bits per heavy atom. The van der Waals surface area contributed by atoms with Crippen molar-refractivity contribution in [2.45, 2.75) is 44.7 Å². The Hall–Kier alpha value is -1.70. The van der Waals surface area contributed by atoms with Gasteiger partial charge < -0.3 is 4.90 Å². The smallest absolute Gasteiger partial charge is 0.303 e. The Balaban J connectivity index is 1.90. The molecule has 126 valence electrons. The van der Waals surface area contributed by atoms with Gasteiger partial charge in [0, 0.05) is 12.5 Å². The maximum atomic E-state index is 13.3. The van der Waals surface area contributed by atoms with Crippen molar-refractivity contribution in [1.82, 2.24) is 24.5 Å². The fourth-order valence-electron chi connectivity index (χ4n) is 3.12. The van der Waals surface area contributed by atoms with E-state index in [0.717, 1.165) is 62.2 Å². The quantitative estimate of drug-likeness (QED) is 0.865. The number of hydrogen-bond donors (Lipinski definition) is 0. The standard InChI is InChI=1S/C15H20F3N5/c1-2-3-6-22-7-4-5-11(9-22)12-8-13(15(16,17)18)23-14(21-12)19-10-20-23/h8,10-11H,2-7,9H2,1H3. The highest BCUT2D eigenvalue weighted by Crippen LogP contribution is 2.33. The fraction of sp³-hybridized carbons (Fsp3) is 0.667. The first-order valence-electron chi connectivity index (χ1n) is 7.99. The van der Waals surface area contributed by atoms with E-state index in [0.29, 0.717) is 5.69 Å². The molecule has 0 N–H and O–H groups in total. The van der Waals surface area contributed by atoms with Gasteiger partial charge in [0.1, 0.15) is 6.33 Å². The van der Waals surface area contributed by atoms with Crippen LogP contribution in [-0.4, -0.2) is 44.1 Å². The Labute approximate surface area is 132 Å². The lowest BCUT2D eigenvalue weighted by Crippen LogP contribution is -2.35. The molecule has 0 aromatic carbocycles. The zero-order chi connectivity index (χ0) is 16.4. The van der Waals surface area contributed by atoms with E-state index in [1.165, 1.54) is 0 Å². The number of alkyl halides is 3. The number of halogens is 3. The van der Waals surface area contributed by atoms with Gasteiger partial charge in [0.2, 0.25) is 0 Å². The van der Waals surface area contributed by atoms with Crippen LogP contribution in [0.25, 0.3) is 5.78 Å². The Morgan fingerprint density at radius 1 is 1.35 bits per heavy atom. The number of fused-ring (bicyclic) bond motifs is 1. The summed E-state index contributed by atoms with van der Waals surface area (Å²) in [5.74, 6) is 0.0314. The third-order valence-electron chi connectivity index (χ3n) is 4.31. The highest BCUT2D eigenvalue weighted by atomic mass is 19.4. The van der Waals surface area contributed by atoms with Crippen molar-refractivity contribution < 1.29 is 13.2 Å². The number of nitrogens with zero attached hydrogens (tertiary/aromatic N) is 5. The monoisotopic (exact) mass is 327 g/mol. The first-order chi connectivity index (χ1) is 11.0. The predicted molar refractivity (Wildman–Crippen MR) is 79.1 cm³/mol. The van der Waals surface area contributed by atoms with Crippen molar-refractivity contribution in [3.63, 3.8) is 0 Å². The van der Waals surface area contributed by atoms with Crippen LogP contribution in [0.2, 0.25) is 0 Å². The Bertz CT molecular complexity index is 667. The second-order valence-electron chi connectivity index (χ2n) is 6.03. The van der Waals surface area contributed by atoms with Crippen molar-refractivity contribution in [2.75, 3.05) is 19.6 Å². The number of aromatic nitrogens is 4. The van der Waals surface area contributed by atoms with Crippen molar-refractivity contribution in [3.8, 4) is 0 Å². The molecule has 0 saturated carbocycles. The third-order valence-corrected chi connectivity index (χ3v) is 4.31. The summed E-state index contributed by atoms with van der Waals surface area (Å²) in [5, 5.41) is 3.64. The molecule has 3 rings (SSSR count). The molecule has 0 radical (unpaired) electrons. The lowest BCUT2D eigenvalue weighted by molar-refractivity contribution is -0.142. The van der Waals surface area contributed by atoms with Gasteiger partial charge in [-0.25, -0.2) is 4.98 Å². The molecular weight excluding hydrogens is 307 g/mol. The molecule has 2 aromatic rings. The molecule has 1 fully saturated rings. The molecule has 1 aliphatic heterocycles. The second kappa shape index (κ2) is 6.43. The first kappa shape index (κ1) is 16.2. The van der Waals surface area contributed by atoms with Crippen molar-refractivity contribution >= 4 is 5.78 Å². The third kappa shape index (κ3) is 3.46. The van der Waals surface area contributed by atoms with E-state index >= 15 is 0 Å². The zero-order valence-corrected chi connectivity index (χ0v) is 13.1. The van der Waals surface area contributed by atoms with E-state index in [2.05, 4.69) is 26.9 Å². The molecular formula is C15H20F3N5. The van der Waals surface area contributed by atoms with Crippen LogP contribution in [0.4, 0.5) is 13.2 Å². The normalized spacial score (nSPS) is 20.3. The average Bonchev–Trinajstić information content (AvgIpc) is 2.99. The van der Waals surface area contributed by atoms with E-state index in [4.69, 9.17) is 0 Å². The van der Waals surface area contributed by atoms with Gasteiger partial charge in [-0.3, -0.25) is 0 Å². The summed E-state index contributed by atoms with van der Waals surface area (Å²) in [6, 6.07) is 1.13. The number of rotatable bonds is 4. The lowest BCUT2D eigenvalue weighted by atomic mass is 9.94. The van der Waals surface area contributed by atoms with Crippen LogP contribution < -0.4 is 0 Å². The highest BCUT2D eigenvalue weighted by Gasteiger charge is 2.36. The van der Waals surface area contributed by atoms with Gasteiger partial charge in [-0.15, -0.1) is 0 Å². The molecule has 1 saturated heterocycles. The van der Waals surface area contributed by atoms with Crippen LogP contribution in [0.15, 0.2) is 12.4 Å². The van der Waals surface area contributed by atoms with E-state index in [9.17, 15) is 13.2 Å². The molecule has 8 heteroatoms. The van der Waals surface area contributed by atoms with Gasteiger partial charge >= 0.3 is 6.18 Å². The number of unbranched alkanes of at least 4 members (excludes halogenated alkanes) is 1. The topological polar surface area (TPSA) is 46.3 Å². The van der Waals surface area contributed by atoms with Crippen LogP contribution in [0.3, 0.4) is 0 Å². The van der Waals surface area contributed by atoms with Crippen LogP contribution in [0.5, 0.6) is 0 Å². The molecule has 0 amide bonds. The molecule has 1 atom stereocenters. The first-order valence-corrected chi connectivity index (χ1v) is 7.99. The maximum absolute atomic E-state index is 13.3. The molecule has 23 heavy (non-hydrogen) atoms. The van der Waals surface area contributed by atoms with Gasteiger partial charge in [-0.2, -0.15) is 27.8 Å². The zero-order valence-electron chi connectivity index (χ0n) is 13.1. The summed E-state index contributed by atoms with van der Waals surface area (Å²) >= 11 is 0. The minimum absolute atomic E-state index is 0.0144. The molecule has 5 nitrogen and oxygen atoms in total. The summed E-state index contributed by atoms with van der Waals surface area (Å²) in [4.78, 5) is 10.5. The predicted octanol–water partition coefficient (Wildman–Crippen LogP) is 3.12. The Morgan fingerprint density at radius 2 is 2.17 bits per heavy atom. The minimum Gasteiger partial charge on any atom is -0.303 e. The summed E-state index contributed by atoms with van der Waals surface area (Å²) in [5.41, 5.74) is -0.334. The van der Waals surface area contributed by atoms with Gasteiger partial charge in [-0.1, -0.05) is 13.3 Å². The molecule has 0 spiro atoms. The van der Waals surface area contributed by atoms with Crippen LogP contribution >= 0.6 is 0 Å². The number of piperidine rings is 1. The van der Waals surface area contributed by atoms with E-state index < -0.39 is 11.9 Å². The molecule has 1 aliphatic rings. The van der Waals surface area contributed by atoms with E-state index in [1.54, 1.807) is 0 Å². The number of likely N-dealkylation sites (tertiary alicyclic amines) is 1. The SMILES string of the molecule is CCCCN1CCCC(c2cc(C(F)(F)F)n3ncnc3n2)C1. The molecule has 0 aliphatic carbocycles. The summed E-state index contributed by atoms with van der Waals surface area (Å²) < 4.78 is 40.5.